The van der Waals surface area contributed by atoms with E-state index < -0.39 is 23.8 Å². The number of aryl methyl sites for hydroxylation is 1. The second-order valence-electron chi connectivity index (χ2n) is 10.5. The van der Waals surface area contributed by atoms with Gasteiger partial charge in [-0.05, 0) is 75.8 Å². The van der Waals surface area contributed by atoms with Crippen LogP contribution in [0, 0.1) is 12.8 Å². The van der Waals surface area contributed by atoms with Gasteiger partial charge < -0.3 is 20.3 Å². The Balaban J connectivity index is 1.98. The fourth-order valence-corrected chi connectivity index (χ4v) is 4.15. The number of hydrogen-bond donors (Lipinski definition) is 2. The lowest BCUT2D eigenvalue weighted by atomic mass is 9.99. The highest BCUT2D eigenvalue weighted by Gasteiger charge is 2.47. The topological polar surface area (TPSA) is 87.7 Å². The van der Waals surface area contributed by atoms with Gasteiger partial charge in [-0.15, -0.1) is 0 Å². The summed E-state index contributed by atoms with van der Waals surface area (Å²) in [7, 11) is 0. The van der Waals surface area contributed by atoms with Crippen LogP contribution >= 0.6 is 0 Å². The summed E-state index contributed by atoms with van der Waals surface area (Å²) < 4.78 is 5.34. The highest BCUT2D eigenvalue weighted by atomic mass is 16.6. The van der Waals surface area contributed by atoms with Gasteiger partial charge in [0.1, 0.15) is 17.7 Å². The SMILES string of the molecule is C=Cc1cccc(C(C(=O)Nc2ccccc2C)N(C(=O)C(C)NC(=O)OC(C)(C)C)C2CC2C)c1. The van der Waals surface area contributed by atoms with Crippen molar-refractivity contribution in [1.29, 1.82) is 0 Å². The molecule has 7 nitrogen and oxygen atoms in total. The fourth-order valence-electron chi connectivity index (χ4n) is 4.15. The van der Waals surface area contributed by atoms with Crippen molar-refractivity contribution in [2.75, 3.05) is 5.32 Å². The van der Waals surface area contributed by atoms with Gasteiger partial charge in [0, 0.05) is 11.7 Å². The number of hydrogen-bond acceptors (Lipinski definition) is 4. The van der Waals surface area contributed by atoms with Crippen molar-refractivity contribution in [2.45, 2.75) is 71.7 Å². The number of amides is 3. The number of ether oxygens (including phenoxy) is 1. The van der Waals surface area contributed by atoms with Crippen LogP contribution in [-0.2, 0) is 14.3 Å². The molecule has 0 radical (unpaired) electrons. The third kappa shape index (κ3) is 6.74. The lowest BCUT2D eigenvalue weighted by Crippen LogP contribution is -2.52. The average molecular weight is 492 g/mol. The summed E-state index contributed by atoms with van der Waals surface area (Å²) >= 11 is 0. The predicted molar refractivity (Wildman–Crippen MR) is 142 cm³/mol. The summed E-state index contributed by atoms with van der Waals surface area (Å²) in [6.07, 6.45) is 1.81. The lowest BCUT2D eigenvalue weighted by molar-refractivity contribution is -0.141. The zero-order valence-corrected chi connectivity index (χ0v) is 22.0. The number of carbonyl (C=O) groups is 3. The lowest BCUT2D eigenvalue weighted by Gasteiger charge is -2.34. The molecule has 1 aliphatic carbocycles. The van der Waals surface area contributed by atoms with Gasteiger partial charge in [0.25, 0.3) is 5.91 Å². The number of nitrogens with zero attached hydrogens (tertiary/aromatic N) is 1. The van der Waals surface area contributed by atoms with Crippen LogP contribution in [-0.4, -0.2) is 40.5 Å². The highest BCUT2D eigenvalue weighted by molar-refractivity contribution is 5.99. The van der Waals surface area contributed by atoms with Crippen LogP contribution in [0.4, 0.5) is 10.5 Å². The Labute approximate surface area is 213 Å². The third-order valence-corrected chi connectivity index (χ3v) is 6.17. The zero-order valence-electron chi connectivity index (χ0n) is 22.0. The van der Waals surface area contributed by atoms with Crippen LogP contribution in [0.2, 0.25) is 0 Å². The van der Waals surface area contributed by atoms with Gasteiger partial charge in [0.2, 0.25) is 5.91 Å². The minimum Gasteiger partial charge on any atom is -0.444 e. The molecule has 0 aliphatic heterocycles. The molecule has 1 saturated carbocycles. The second kappa shape index (κ2) is 11.0. The molecular formula is C29H37N3O4. The molecule has 0 bridgehead atoms. The van der Waals surface area contributed by atoms with Gasteiger partial charge >= 0.3 is 6.09 Å². The molecule has 0 heterocycles. The second-order valence-corrected chi connectivity index (χ2v) is 10.5. The Kier molecular flexibility index (Phi) is 8.23. The molecule has 0 spiro atoms. The van der Waals surface area contributed by atoms with Crippen LogP contribution in [0.25, 0.3) is 6.08 Å². The summed E-state index contributed by atoms with van der Waals surface area (Å²) in [5, 5.41) is 5.66. The zero-order chi connectivity index (χ0) is 26.6. The summed E-state index contributed by atoms with van der Waals surface area (Å²) in [4.78, 5) is 41.7. The van der Waals surface area contributed by atoms with E-state index in [0.717, 1.165) is 17.5 Å². The van der Waals surface area contributed by atoms with Crippen molar-refractivity contribution < 1.29 is 19.1 Å². The summed E-state index contributed by atoms with van der Waals surface area (Å²) in [5.74, 6) is -0.425. The first-order valence-corrected chi connectivity index (χ1v) is 12.3. The average Bonchev–Trinajstić information content (AvgIpc) is 3.52. The normalized spacial score (nSPS) is 18.4. The van der Waals surface area contributed by atoms with Crippen molar-refractivity contribution in [3.05, 3.63) is 71.8 Å². The first kappa shape index (κ1) is 27.0. The number of carbonyl (C=O) groups excluding carboxylic acids is 3. The molecule has 0 aromatic heterocycles. The Morgan fingerprint density at radius 1 is 1.14 bits per heavy atom. The van der Waals surface area contributed by atoms with Crippen LogP contribution in [0.5, 0.6) is 0 Å². The molecule has 2 aromatic rings. The maximum atomic E-state index is 13.8. The van der Waals surface area contributed by atoms with Gasteiger partial charge in [0.15, 0.2) is 0 Å². The molecular weight excluding hydrogens is 454 g/mol. The molecule has 0 saturated heterocycles. The van der Waals surface area contributed by atoms with Crippen molar-refractivity contribution in [3.63, 3.8) is 0 Å². The smallest absolute Gasteiger partial charge is 0.408 e. The van der Waals surface area contributed by atoms with Crippen LogP contribution < -0.4 is 10.6 Å². The maximum absolute atomic E-state index is 13.8. The Bertz CT molecular complexity index is 1140. The monoisotopic (exact) mass is 491 g/mol. The molecule has 7 heteroatoms. The molecule has 4 atom stereocenters. The number of rotatable bonds is 8. The number of alkyl carbamates (subject to hydrolysis) is 1. The molecule has 2 N–H and O–H groups in total. The Morgan fingerprint density at radius 2 is 1.81 bits per heavy atom. The van der Waals surface area contributed by atoms with E-state index in [1.54, 1.807) is 38.7 Å². The van der Waals surface area contributed by atoms with E-state index in [1.807, 2.05) is 62.4 Å². The van der Waals surface area contributed by atoms with E-state index in [9.17, 15) is 14.4 Å². The molecule has 4 unspecified atom stereocenters. The van der Waals surface area contributed by atoms with E-state index in [1.165, 1.54) is 0 Å². The molecule has 1 aliphatic rings. The van der Waals surface area contributed by atoms with Crippen LogP contribution in [0.15, 0.2) is 55.1 Å². The number of nitrogens with one attached hydrogen (secondary N) is 2. The van der Waals surface area contributed by atoms with Crippen molar-refractivity contribution in [1.82, 2.24) is 10.2 Å². The largest absolute Gasteiger partial charge is 0.444 e. The van der Waals surface area contributed by atoms with Crippen LogP contribution in [0.1, 0.15) is 63.8 Å². The summed E-state index contributed by atoms with van der Waals surface area (Å²) in [6, 6.07) is 13.1. The molecule has 3 amide bonds. The molecule has 3 rings (SSSR count). The molecule has 36 heavy (non-hydrogen) atoms. The van der Waals surface area contributed by atoms with Gasteiger partial charge in [-0.1, -0.05) is 56.0 Å². The molecule has 2 aromatic carbocycles. The standard InChI is InChI=1S/C29H37N3O4/c1-8-21-13-11-14-22(17-21)25(26(33)31-23-15-10-9-12-18(23)2)32(24-16-19(24)3)27(34)20(4)30-28(35)36-29(5,6)7/h8-15,17,19-20,24-25H,1,16H2,2-7H3,(H,30,35)(H,31,33). The molecule has 1 fully saturated rings. The maximum Gasteiger partial charge on any atom is 0.408 e. The fraction of sp³-hybridized carbons (Fsp3) is 0.414. The van der Waals surface area contributed by atoms with E-state index in [0.29, 0.717) is 11.3 Å². The van der Waals surface area contributed by atoms with E-state index >= 15 is 0 Å². The minimum atomic E-state index is -0.894. The predicted octanol–water partition coefficient (Wildman–Crippen LogP) is 5.47. The summed E-state index contributed by atoms with van der Waals surface area (Å²) in [5.41, 5.74) is 2.43. The third-order valence-electron chi connectivity index (χ3n) is 6.17. The molecule has 192 valence electrons. The van der Waals surface area contributed by atoms with Gasteiger partial charge in [-0.25, -0.2) is 4.79 Å². The first-order chi connectivity index (χ1) is 16.9. The van der Waals surface area contributed by atoms with Crippen molar-refractivity contribution >= 4 is 29.7 Å². The van der Waals surface area contributed by atoms with E-state index in [-0.39, 0.29) is 23.8 Å². The van der Waals surface area contributed by atoms with E-state index in [4.69, 9.17) is 4.74 Å². The minimum absolute atomic E-state index is 0.125. The Morgan fingerprint density at radius 3 is 2.39 bits per heavy atom. The highest BCUT2D eigenvalue weighted by Crippen LogP contribution is 2.41. The van der Waals surface area contributed by atoms with Gasteiger partial charge in [-0.3, -0.25) is 9.59 Å². The summed E-state index contributed by atoms with van der Waals surface area (Å²) in [6.45, 7) is 14.7. The van der Waals surface area contributed by atoms with Gasteiger partial charge in [-0.2, -0.15) is 0 Å². The number of anilines is 1. The van der Waals surface area contributed by atoms with Crippen molar-refractivity contribution in [2.24, 2.45) is 5.92 Å². The number of para-hydroxylation sites is 1. The first-order valence-electron chi connectivity index (χ1n) is 12.3. The quantitative estimate of drug-likeness (QED) is 0.513. The number of benzene rings is 2. The Hall–Kier alpha value is -3.61. The van der Waals surface area contributed by atoms with Gasteiger partial charge in [0.05, 0.1) is 0 Å². The van der Waals surface area contributed by atoms with E-state index in [2.05, 4.69) is 17.2 Å². The van der Waals surface area contributed by atoms with Crippen LogP contribution in [0.3, 0.4) is 0 Å². The van der Waals surface area contributed by atoms with Crippen molar-refractivity contribution in [3.8, 4) is 0 Å².